The smallest absolute Gasteiger partial charge is 0.264 e. The van der Waals surface area contributed by atoms with Gasteiger partial charge in [0.25, 0.3) is 5.91 Å². The summed E-state index contributed by atoms with van der Waals surface area (Å²) >= 11 is 0. The van der Waals surface area contributed by atoms with E-state index in [0.29, 0.717) is 30.2 Å². The Labute approximate surface area is 140 Å². The van der Waals surface area contributed by atoms with Crippen LogP contribution >= 0.6 is 0 Å². The van der Waals surface area contributed by atoms with Crippen molar-refractivity contribution < 1.29 is 23.8 Å². The molecule has 0 aliphatic carbocycles. The molecule has 1 fully saturated rings. The molecule has 0 radical (unpaired) electrons. The van der Waals surface area contributed by atoms with Crippen molar-refractivity contribution in [2.24, 2.45) is 5.16 Å². The first kappa shape index (κ1) is 16.6. The number of benzene rings is 1. The van der Waals surface area contributed by atoms with Crippen molar-refractivity contribution in [3.63, 3.8) is 0 Å². The normalized spacial score (nSPS) is 22.7. The molecular formula is C17H22N2O5. The lowest BCUT2D eigenvalue weighted by atomic mass is 10.0. The molecule has 2 heterocycles. The number of amides is 1. The van der Waals surface area contributed by atoms with E-state index < -0.39 is 6.10 Å². The molecule has 0 bridgehead atoms. The topological polar surface area (TPSA) is 78.4 Å². The minimum atomic E-state index is -0.602. The second kappa shape index (κ2) is 7.53. The zero-order valence-electron chi connectivity index (χ0n) is 13.9. The van der Waals surface area contributed by atoms with E-state index in [2.05, 4.69) is 10.5 Å². The third-order valence-corrected chi connectivity index (χ3v) is 4.21. The maximum atomic E-state index is 12.2. The number of methoxy groups -OCH3 is 2. The van der Waals surface area contributed by atoms with Gasteiger partial charge in [-0.15, -0.1) is 0 Å². The highest BCUT2D eigenvalue weighted by Crippen LogP contribution is 2.29. The molecule has 2 aliphatic heterocycles. The maximum absolute atomic E-state index is 12.2. The number of carbonyl (C=O) groups excluding carboxylic acids is 1. The Kier molecular flexibility index (Phi) is 5.20. The summed E-state index contributed by atoms with van der Waals surface area (Å²) in [5.74, 6) is 1.10. The molecule has 2 aliphatic rings. The zero-order valence-corrected chi connectivity index (χ0v) is 13.9. The first-order chi connectivity index (χ1) is 11.7. The van der Waals surface area contributed by atoms with Crippen molar-refractivity contribution >= 4 is 11.6 Å². The van der Waals surface area contributed by atoms with Crippen LogP contribution in [0, 0.1) is 0 Å². The highest BCUT2D eigenvalue weighted by Gasteiger charge is 2.30. The maximum Gasteiger partial charge on any atom is 0.264 e. The molecule has 3 rings (SSSR count). The van der Waals surface area contributed by atoms with Crippen LogP contribution in [0.4, 0.5) is 0 Å². The van der Waals surface area contributed by atoms with Crippen LogP contribution in [-0.2, 0) is 14.4 Å². The number of hydrogen-bond acceptors (Lipinski definition) is 6. The van der Waals surface area contributed by atoms with Gasteiger partial charge in [-0.1, -0.05) is 5.16 Å². The number of ether oxygens (including phenoxy) is 3. The van der Waals surface area contributed by atoms with E-state index in [9.17, 15) is 4.79 Å². The lowest BCUT2D eigenvalue weighted by Crippen LogP contribution is -2.39. The van der Waals surface area contributed by atoms with E-state index in [4.69, 9.17) is 19.0 Å². The summed E-state index contributed by atoms with van der Waals surface area (Å²) < 4.78 is 16.0. The molecular weight excluding hydrogens is 312 g/mol. The SMILES string of the molecule is COc1ccc(C2=NOC(C(=O)NCC3CCCO3)C2)cc1OC. The molecule has 2 atom stereocenters. The Morgan fingerprint density at radius 2 is 2.17 bits per heavy atom. The predicted molar refractivity (Wildman–Crippen MR) is 87.6 cm³/mol. The van der Waals surface area contributed by atoms with E-state index in [-0.39, 0.29) is 12.0 Å². The fourth-order valence-corrected chi connectivity index (χ4v) is 2.84. The summed E-state index contributed by atoms with van der Waals surface area (Å²) in [6.45, 7) is 1.29. The minimum Gasteiger partial charge on any atom is -0.493 e. The monoisotopic (exact) mass is 334 g/mol. The number of rotatable bonds is 6. The zero-order chi connectivity index (χ0) is 16.9. The Bertz CT molecular complexity index is 625. The molecule has 7 heteroatoms. The summed E-state index contributed by atoms with van der Waals surface area (Å²) in [6, 6.07) is 5.51. The summed E-state index contributed by atoms with van der Waals surface area (Å²) in [6.07, 6.45) is 1.97. The molecule has 130 valence electrons. The van der Waals surface area contributed by atoms with Crippen molar-refractivity contribution in [1.29, 1.82) is 0 Å². The highest BCUT2D eigenvalue weighted by atomic mass is 16.6. The number of oxime groups is 1. The Hall–Kier alpha value is -2.28. The van der Waals surface area contributed by atoms with Gasteiger partial charge in [0.15, 0.2) is 11.5 Å². The van der Waals surface area contributed by atoms with Gasteiger partial charge in [-0.05, 0) is 31.0 Å². The van der Waals surface area contributed by atoms with Gasteiger partial charge in [0, 0.05) is 25.1 Å². The number of nitrogens with one attached hydrogen (secondary N) is 1. The highest BCUT2D eigenvalue weighted by molar-refractivity contribution is 6.04. The molecule has 1 amide bonds. The third-order valence-electron chi connectivity index (χ3n) is 4.21. The van der Waals surface area contributed by atoms with Crippen LogP contribution in [0.25, 0.3) is 0 Å². The second-order valence-electron chi connectivity index (χ2n) is 5.79. The van der Waals surface area contributed by atoms with E-state index in [1.165, 1.54) is 0 Å². The lowest BCUT2D eigenvalue weighted by molar-refractivity contribution is -0.131. The second-order valence-corrected chi connectivity index (χ2v) is 5.79. The van der Waals surface area contributed by atoms with E-state index in [0.717, 1.165) is 25.0 Å². The van der Waals surface area contributed by atoms with Gasteiger partial charge in [-0.3, -0.25) is 4.79 Å². The van der Waals surface area contributed by atoms with Gasteiger partial charge >= 0.3 is 0 Å². The predicted octanol–water partition coefficient (Wildman–Crippen LogP) is 1.49. The van der Waals surface area contributed by atoms with Gasteiger partial charge < -0.3 is 24.4 Å². The average molecular weight is 334 g/mol. The standard InChI is InChI=1S/C17H22N2O5/c1-21-14-6-5-11(8-15(14)22-2)13-9-16(24-19-13)17(20)18-10-12-4-3-7-23-12/h5-6,8,12,16H,3-4,7,9-10H2,1-2H3,(H,18,20). The quantitative estimate of drug-likeness (QED) is 0.853. The van der Waals surface area contributed by atoms with Crippen LogP contribution < -0.4 is 14.8 Å². The van der Waals surface area contributed by atoms with Crippen LogP contribution in [0.3, 0.4) is 0 Å². The minimum absolute atomic E-state index is 0.113. The molecule has 0 aromatic heterocycles. The van der Waals surface area contributed by atoms with Crippen LogP contribution in [0.2, 0.25) is 0 Å². The Morgan fingerprint density at radius 3 is 2.88 bits per heavy atom. The molecule has 1 saturated heterocycles. The van der Waals surface area contributed by atoms with E-state index >= 15 is 0 Å². The van der Waals surface area contributed by atoms with Gasteiger partial charge in [0.05, 0.1) is 26.0 Å². The van der Waals surface area contributed by atoms with Crippen LogP contribution in [0.15, 0.2) is 23.4 Å². The molecule has 0 spiro atoms. The molecule has 1 aromatic rings. The molecule has 24 heavy (non-hydrogen) atoms. The first-order valence-corrected chi connectivity index (χ1v) is 8.05. The fourth-order valence-electron chi connectivity index (χ4n) is 2.84. The summed E-state index contributed by atoms with van der Waals surface area (Å²) in [4.78, 5) is 17.5. The summed E-state index contributed by atoms with van der Waals surface area (Å²) in [5.41, 5.74) is 1.57. The van der Waals surface area contributed by atoms with E-state index in [1.807, 2.05) is 18.2 Å². The van der Waals surface area contributed by atoms with Gasteiger partial charge in [-0.25, -0.2) is 0 Å². The number of hydrogen-bond donors (Lipinski definition) is 1. The van der Waals surface area contributed by atoms with Crippen LogP contribution in [0.1, 0.15) is 24.8 Å². The first-order valence-electron chi connectivity index (χ1n) is 8.05. The summed E-state index contributed by atoms with van der Waals surface area (Å²) in [5, 5.41) is 6.92. The Balaban J connectivity index is 1.57. The van der Waals surface area contributed by atoms with Gasteiger partial charge in [0.2, 0.25) is 6.10 Å². The summed E-state index contributed by atoms with van der Waals surface area (Å²) in [7, 11) is 3.16. The average Bonchev–Trinajstić information content (AvgIpc) is 3.30. The molecule has 0 saturated carbocycles. The Morgan fingerprint density at radius 1 is 1.33 bits per heavy atom. The van der Waals surface area contributed by atoms with Crippen molar-refractivity contribution in [1.82, 2.24) is 5.32 Å². The van der Waals surface area contributed by atoms with Crippen LogP contribution in [0.5, 0.6) is 11.5 Å². The van der Waals surface area contributed by atoms with Crippen molar-refractivity contribution in [3.05, 3.63) is 23.8 Å². The molecule has 1 aromatic carbocycles. The third kappa shape index (κ3) is 3.62. The van der Waals surface area contributed by atoms with E-state index in [1.54, 1.807) is 14.2 Å². The van der Waals surface area contributed by atoms with Gasteiger partial charge in [-0.2, -0.15) is 0 Å². The van der Waals surface area contributed by atoms with Gasteiger partial charge in [0.1, 0.15) is 0 Å². The van der Waals surface area contributed by atoms with Crippen molar-refractivity contribution in [2.45, 2.75) is 31.5 Å². The van der Waals surface area contributed by atoms with Crippen molar-refractivity contribution in [2.75, 3.05) is 27.4 Å². The van der Waals surface area contributed by atoms with Crippen molar-refractivity contribution in [3.8, 4) is 11.5 Å². The number of nitrogens with zero attached hydrogens (tertiary/aromatic N) is 1. The molecule has 7 nitrogen and oxygen atoms in total. The fraction of sp³-hybridized carbons (Fsp3) is 0.529. The number of carbonyl (C=O) groups is 1. The van der Waals surface area contributed by atoms with Crippen LogP contribution in [-0.4, -0.2) is 51.2 Å². The molecule has 2 unspecified atom stereocenters. The molecule has 1 N–H and O–H groups in total. The lowest BCUT2D eigenvalue weighted by Gasteiger charge is -2.13. The largest absolute Gasteiger partial charge is 0.493 e.